The normalized spacial score (nSPS) is 20.4. The van der Waals surface area contributed by atoms with Gasteiger partial charge in [0.15, 0.2) is 6.10 Å². The van der Waals surface area contributed by atoms with E-state index >= 15 is 0 Å². The fourth-order valence-corrected chi connectivity index (χ4v) is 4.02. The molecule has 184 valence electrons. The molecule has 3 unspecified atom stereocenters. The van der Waals surface area contributed by atoms with Gasteiger partial charge < -0.3 is 26.8 Å². The topological polar surface area (TPSA) is 151 Å². The summed E-state index contributed by atoms with van der Waals surface area (Å²) >= 11 is 5.73. The van der Waals surface area contributed by atoms with Crippen LogP contribution in [0.25, 0.3) is 6.08 Å². The van der Waals surface area contributed by atoms with E-state index in [1.54, 1.807) is 0 Å². The molecule has 1 saturated heterocycles. The van der Waals surface area contributed by atoms with Gasteiger partial charge in [-0.1, -0.05) is 30.5 Å². The summed E-state index contributed by atoms with van der Waals surface area (Å²) in [4.78, 5) is 49.0. The highest BCUT2D eigenvalue weighted by molar-refractivity contribution is 6.30. The van der Waals surface area contributed by atoms with Crippen LogP contribution in [0.3, 0.4) is 0 Å². The summed E-state index contributed by atoms with van der Waals surface area (Å²) in [6.45, 7) is 0.470. The van der Waals surface area contributed by atoms with Crippen molar-refractivity contribution < 1.29 is 28.7 Å². The molecular formula is C23H28ClFN4O5. The van der Waals surface area contributed by atoms with Gasteiger partial charge in [0.25, 0.3) is 0 Å². The molecule has 1 aliphatic heterocycles. The van der Waals surface area contributed by atoms with Crippen LogP contribution < -0.4 is 21.7 Å². The fraction of sp³-hybridized carbons (Fsp3) is 0.478. The Labute approximate surface area is 201 Å². The number of carbonyl (C=O) groups excluding carboxylic acids is 4. The van der Waals surface area contributed by atoms with Gasteiger partial charge in [-0.15, -0.1) is 0 Å². The molecule has 2 fully saturated rings. The third-order valence-electron chi connectivity index (χ3n) is 5.98. The smallest absolute Gasteiger partial charge is 0.248 e. The van der Waals surface area contributed by atoms with Crippen molar-refractivity contribution in [2.24, 2.45) is 17.6 Å². The molecule has 4 amide bonds. The number of aliphatic hydroxyl groups is 1. The largest absolute Gasteiger partial charge is 0.381 e. The highest BCUT2D eigenvalue weighted by Crippen LogP contribution is 2.33. The van der Waals surface area contributed by atoms with Crippen molar-refractivity contribution in [3.63, 3.8) is 0 Å². The molecule has 6 N–H and O–H groups in total. The molecule has 1 aliphatic carbocycles. The molecule has 0 radical (unpaired) electrons. The van der Waals surface area contributed by atoms with E-state index in [4.69, 9.17) is 17.3 Å². The second kappa shape index (κ2) is 11.4. The molecule has 0 aromatic heterocycles. The molecule has 1 aromatic carbocycles. The number of amides is 4. The summed E-state index contributed by atoms with van der Waals surface area (Å²) in [5.41, 5.74) is 5.38. The van der Waals surface area contributed by atoms with Crippen molar-refractivity contribution in [3.05, 3.63) is 40.7 Å². The number of nitrogens with two attached hydrogens (primary N) is 1. The van der Waals surface area contributed by atoms with E-state index in [2.05, 4.69) is 16.0 Å². The van der Waals surface area contributed by atoms with Crippen LogP contribution in [0, 0.1) is 17.7 Å². The number of hydrogen-bond acceptors (Lipinski definition) is 5. The number of rotatable bonds is 11. The van der Waals surface area contributed by atoms with E-state index in [1.165, 1.54) is 18.2 Å². The Morgan fingerprint density at radius 2 is 1.97 bits per heavy atom. The highest BCUT2D eigenvalue weighted by Gasteiger charge is 2.36. The maximum Gasteiger partial charge on any atom is 0.248 e. The molecule has 1 aromatic rings. The molecule has 4 atom stereocenters. The maximum absolute atomic E-state index is 13.9. The van der Waals surface area contributed by atoms with Gasteiger partial charge in [-0.3, -0.25) is 19.2 Å². The van der Waals surface area contributed by atoms with E-state index < -0.39 is 47.6 Å². The van der Waals surface area contributed by atoms with Gasteiger partial charge in [0.05, 0.1) is 6.04 Å². The molecule has 1 saturated carbocycles. The van der Waals surface area contributed by atoms with Gasteiger partial charge in [0.1, 0.15) is 11.9 Å². The molecule has 3 rings (SSSR count). The first-order valence-electron chi connectivity index (χ1n) is 11.1. The number of nitrogens with one attached hydrogen (secondary N) is 3. The van der Waals surface area contributed by atoms with Crippen LogP contribution in [-0.4, -0.2) is 53.5 Å². The quantitative estimate of drug-likeness (QED) is 0.286. The second-order valence-electron chi connectivity index (χ2n) is 8.71. The summed E-state index contributed by atoms with van der Waals surface area (Å²) in [5.74, 6) is -3.28. The number of hydrogen-bond donors (Lipinski definition) is 5. The van der Waals surface area contributed by atoms with Crippen LogP contribution in [0.5, 0.6) is 0 Å². The minimum Gasteiger partial charge on any atom is -0.381 e. The number of primary amides is 1. The predicted molar refractivity (Wildman–Crippen MR) is 123 cm³/mol. The lowest BCUT2D eigenvalue weighted by atomic mass is 9.94. The van der Waals surface area contributed by atoms with Crippen molar-refractivity contribution in [2.45, 2.75) is 50.3 Å². The van der Waals surface area contributed by atoms with Gasteiger partial charge in [0, 0.05) is 29.1 Å². The maximum atomic E-state index is 13.9. The van der Waals surface area contributed by atoms with E-state index in [9.17, 15) is 28.7 Å². The van der Waals surface area contributed by atoms with Gasteiger partial charge >= 0.3 is 0 Å². The Kier molecular flexibility index (Phi) is 8.62. The standard InChI is InChI=1S/C23H28ClFN4O5/c24-15-5-3-13(16(25)11-15)4-6-19(30)28-18(9-12-1-2-12)23(34)29-17(20(31)21(26)32)10-14-7-8-27-22(14)33/h3-6,11-12,14,17-18,20,31H,1-2,7-10H2,(H2,26,32)(H,27,33)(H,28,30)(H,29,34)/b6-4+/t14-,17?,18?,20?/m0/s1. The Morgan fingerprint density at radius 1 is 1.24 bits per heavy atom. The van der Waals surface area contributed by atoms with Crippen molar-refractivity contribution in [3.8, 4) is 0 Å². The summed E-state index contributed by atoms with van der Waals surface area (Å²) in [5, 5.41) is 18.3. The van der Waals surface area contributed by atoms with Crippen LogP contribution >= 0.6 is 11.6 Å². The summed E-state index contributed by atoms with van der Waals surface area (Å²) < 4.78 is 13.9. The zero-order valence-electron chi connectivity index (χ0n) is 18.4. The second-order valence-corrected chi connectivity index (χ2v) is 9.15. The zero-order chi connectivity index (χ0) is 24.8. The van der Waals surface area contributed by atoms with Gasteiger partial charge in [0.2, 0.25) is 23.6 Å². The Hall–Kier alpha value is -2.98. The number of aliphatic hydroxyl groups excluding tert-OH is 1. The van der Waals surface area contributed by atoms with Crippen LogP contribution in [-0.2, 0) is 19.2 Å². The summed E-state index contributed by atoms with van der Waals surface area (Å²) in [6.07, 6.45) is 3.42. The Bertz CT molecular complexity index is 984. The van der Waals surface area contributed by atoms with Crippen LogP contribution in [0.15, 0.2) is 24.3 Å². The van der Waals surface area contributed by atoms with Crippen molar-refractivity contribution in [1.29, 1.82) is 0 Å². The fourth-order valence-electron chi connectivity index (χ4n) is 3.87. The van der Waals surface area contributed by atoms with E-state index in [1.807, 2.05) is 0 Å². The van der Waals surface area contributed by atoms with Gasteiger partial charge in [-0.2, -0.15) is 0 Å². The number of halogens is 2. The Morgan fingerprint density at radius 3 is 2.56 bits per heavy atom. The minimum absolute atomic E-state index is 0.0293. The molecule has 34 heavy (non-hydrogen) atoms. The van der Waals surface area contributed by atoms with Crippen molar-refractivity contribution in [2.75, 3.05) is 6.54 Å². The molecular weight excluding hydrogens is 467 g/mol. The Balaban J connectivity index is 1.67. The molecule has 2 aliphatic rings. The first-order valence-corrected chi connectivity index (χ1v) is 11.5. The van der Waals surface area contributed by atoms with Crippen LogP contribution in [0.4, 0.5) is 4.39 Å². The lowest BCUT2D eigenvalue weighted by Crippen LogP contribution is -2.55. The SMILES string of the molecule is NC(=O)C(O)C(C[C@@H]1CCNC1=O)NC(=O)C(CC1CC1)NC(=O)/C=C/c1ccc(Cl)cc1F. The monoisotopic (exact) mass is 494 g/mol. The molecule has 1 heterocycles. The third-order valence-corrected chi connectivity index (χ3v) is 6.21. The van der Waals surface area contributed by atoms with Crippen molar-refractivity contribution >= 4 is 41.3 Å². The minimum atomic E-state index is -1.69. The molecule has 11 heteroatoms. The molecule has 0 spiro atoms. The van der Waals surface area contributed by atoms with Crippen molar-refractivity contribution in [1.82, 2.24) is 16.0 Å². The van der Waals surface area contributed by atoms with E-state index in [-0.39, 0.29) is 28.8 Å². The first kappa shape index (κ1) is 25.6. The van der Waals surface area contributed by atoms with Gasteiger partial charge in [-0.05, 0) is 43.4 Å². The average Bonchev–Trinajstić information content (AvgIpc) is 3.51. The highest BCUT2D eigenvalue weighted by atomic mass is 35.5. The molecule has 9 nitrogen and oxygen atoms in total. The van der Waals surface area contributed by atoms with Gasteiger partial charge in [-0.25, -0.2) is 4.39 Å². The van der Waals surface area contributed by atoms with Crippen LogP contribution in [0.2, 0.25) is 5.02 Å². The average molecular weight is 495 g/mol. The summed E-state index contributed by atoms with van der Waals surface area (Å²) in [7, 11) is 0. The van der Waals surface area contributed by atoms with E-state index in [0.717, 1.165) is 25.0 Å². The first-order chi connectivity index (χ1) is 16.1. The molecule has 0 bridgehead atoms. The lowest BCUT2D eigenvalue weighted by Gasteiger charge is -2.26. The summed E-state index contributed by atoms with van der Waals surface area (Å²) in [6, 6.07) is 2.00. The van der Waals surface area contributed by atoms with Crippen LogP contribution in [0.1, 0.15) is 37.7 Å². The zero-order valence-corrected chi connectivity index (χ0v) is 19.2. The van der Waals surface area contributed by atoms with E-state index in [0.29, 0.717) is 19.4 Å². The predicted octanol–water partition coefficient (Wildman–Crippen LogP) is 0.634. The number of benzene rings is 1. The number of carbonyl (C=O) groups is 4. The third kappa shape index (κ3) is 7.26. The lowest BCUT2D eigenvalue weighted by molar-refractivity contribution is -0.133.